The van der Waals surface area contributed by atoms with Crippen molar-refractivity contribution in [3.8, 4) is 0 Å². The maximum Gasteiger partial charge on any atom is 0.00778 e. The molecule has 0 radical (unpaired) electrons. The minimum Gasteiger partial charge on any atom is -0.319 e. The van der Waals surface area contributed by atoms with Crippen LogP contribution in [0.1, 0.15) is 55.2 Å². The first-order valence-corrected chi connectivity index (χ1v) is 7.40. The molecule has 1 aromatic rings. The van der Waals surface area contributed by atoms with Gasteiger partial charge >= 0.3 is 0 Å². The molecule has 100 valence electrons. The molecule has 18 heavy (non-hydrogen) atoms. The van der Waals surface area contributed by atoms with E-state index in [1.807, 2.05) is 0 Å². The van der Waals surface area contributed by atoms with Crippen LogP contribution < -0.4 is 5.32 Å². The largest absolute Gasteiger partial charge is 0.319 e. The van der Waals surface area contributed by atoms with Crippen LogP contribution in [0.4, 0.5) is 0 Å². The average molecular weight is 245 g/mol. The average Bonchev–Trinajstić information content (AvgIpc) is 2.55. The third-order valence-electron chi connectivity index (χ3n) is 4.41. The zero-order valence-corrected chi connectivity index (χ0v) is 12.2. The minimum atomic E-state index is 0.377. The smallest absolute Gasteiger partial charge is 0.00778 e. The van der Waals surface area contributed by atoms with Crippen molar-refractivity contribution in [2.75, 3.05) is 13.6 Å². The molecule has 1 aliphatic carbocycles. The monoisotopic (exact) mass is 245 g/mol. The Kier molecular flexibility index (Phi) is 4.45. The highest BCUT2D eigenvalue weighted by Crippen LogP contribution is 2.38. The third kappa shape index (κ3) is 2.95. The zero-order valence-electron chi connectivity index (χ0n) is 12.2. The van der Waals surface area contributed by atoms with E-state index in [1.165, 1.54) is 49.7 Å². The summed E-state index contributed by atoms with van der Waals surface area (Å²) in [7, 11) is 2.09. The predicted molar refractivity (Wildman–Crippen MR) is 79.2 cm³/mol. The number of likely N-dealkylation sites (N-methyl/N-ethyl adjacent to an activating group) is 1. The lowest BCUT2D eigenvalue weighted by atomic mass is 9.73. The third-order valence-corrected chi connectivity index (χ3v) is 4.41. The van der Waals surface area contributed by atoms with Gasteiger partial charge in [0.15, 0.2) is 0 Å². The van der Waals surface area contributed by atoms with Crippen LogP contribution in [0.3, 0.4) is 0 Å². The first kappa shape index (κ1) is 13.6. The number of hydrogen-bond donors (Lipinski definition) is 1. The molecule has 0 atom stereocenters. The molecule has 1 aliphatic rings. The summed E-state index contributed by atoms with van der Waals surface area (Å²) in [5.41, 5.74) is 4.76. The first-order valence-electron chi connectivity index (χ1n) is 7.40. The van der Waals surface area contributed by atoms with E-state index >= 15 is 0 Å². The highest BCUT2D eigenvalue weighted by molar-refractivity contribution is 5.34. The molecular weight excluding hydrogens is 218 g/mol. The Labute approximate surface area is 112 Å². The summed E-state index contributed by atoms with van der Waals surface area (Å²) in [5, 5.41) is 3.44. The molecule has 1 nitrogen and oxygen atoms in total. The van der Waals surface area contributed by atoms with Crippen molar-refractivity contribution in [3.05, 3.63) is 34.9 Å². The minimum absolute atomic E-state index is 0.377. The molecule has 0 aliphatic heterocycles. The summed E-state index contributed by atoms with van der Waals surface area (Å²) in [6.07, 6.45) is 8.28. The number of rotatable bonds is 3. The summed E-state index contributed by atoms with van der Waals surface area (Å²) in [5.74, 6) is 0. The molecule has 0 unspecified atom stereocenters. The Bertz CT molecular complexity index is 366. The van der Waals surface area contributed by atoms with Gasteiger partial charge in [0.05, 0.1) is 0 Å². The van der Waals surface area contributed by atoms with Crippen LogP contribution >= 0.6 is 0 Å². The van der Waals surface area contributed by atoms with Gasteiger partial charge in [-0.25, -0.2) is 0 Å². The van der Waals surface area contributed by atoms with Crippen molar-refractivity contribution in [2.24, 2.45) is 0 Å². The van der Waals surface area contributed by atoms with Gasteiger partial charge < -0.3 is 5.32 Å². The van der Waals surface area contributed by atoms with Crippen LogP contribution in [0.25, 0.3) is 0 Å². The van der Waals surface area contributed by atoms with Crippen molar-refractivity contribution in [2.45, 2.75) is 57.8 Å². The fourth-order valence-corrected chi connectivity index (χ4v) is 3.59. The second-order valence-electron chi connectivity index (χ2n) is 6.10. The first-order chi connectivity index (χ1) is 8.66. The molecule has 0 heterocycles. The van der Waals surface area contributed by atoms with Crippen LogP contribution in [0.15, 0.2) is 18.2 Å². The Balaban J connectivity index is 2.37. The molecule has 2 rings (SSSR count). The van der Waals surface area contributed by atoms with Gasteiger partial charge in [-0.3, -0.25) is 0 Å². The van der Waals surface area contributed by atoms with Crippen LogP contribution in [0.5, 0.6) is 0 Å². The molecule has 0 saturated heterocycles. The Morgan fingerprint density at radius 1 is 0.944 bits per heavy atom. The number of benzene rings is 1. The highest BCUT2D eigenvalue weighted by atomic mass is 14.8. The van der Waals surface area contributed by atoms with Gasteiger partial charge in [0.2, 0.25) is 0 Å². The van der Waals surface area contributed by atoms with E-state index in [1.54, 1.807) is 5.56 Å². The van der Waals surface area contributed by atoms with Crippen LogP contribution in [-0.4, -0.2) is 13.6 Å². The lowest BCUT2D eigenvalue weighted by Gasteiger charge is -2.34. The van der Waals surface area contributed by atoms with Gasteiger partial charge in [-0.05, 0) is 39.3 Å². The fraction of sp³-hybridized carbons (Fsp3) is 0.647. The summed E-state index contributed by atoms with van der Waals surface area (Å²) in [6.45, 7) is 5.57. The number of hydrogen-bond acceptors (Lipinski definition) is 1. The second-order valence-corrected chi connectivity index (χ2v) is 6.10. The maximum atomic E-state index is 3.44. The zero-order chi connectivity index (χ0) is 13.0. The molecule has 0 amide bonds. The van der Waals surface area contributed by atoms with Crippen molar-refractivity contribution in [1.82, 2.24) is 5.32 Å². The molecule has 0 bridgehead atoms. The van der Waals surface area contributed by atoms with Crippen LogP contribution in [0, 0.1) is 13.8 Å². The number of nitrogens with one attached hydrogen (secondary N) is 1. The van der Waals surface area contributed by atoms with Crippen molar-refractivity contribution in [3.63, 3.8) is 0 Å². The highest BCUT2D eigenvalue weighted by Gasteiger charge is 2.32. The molecule has 1 saturated carbocycles. The van der Waals surface area contributed by atoms with E-state index in [2.05, 4.69) is 44.4 Å². The van der Waals surface area contributed by atoms with Crippen molar-refractivity contribution < 1.29 is 0 Å². The standard InChI is InChI=1S/C17H27N/c1-14-10-15(2)12-16(11-14)17(13-18-3)8-6-4-5-7-9-17/h10-12,18H,4-9,13H2,1-3H3. The van der Waals surface area contributed by atoms with Gasteiger partial charge in [-0.15, -0.1) is 0 Å². The summed E-state index contributed by atoms with van der Waals surface area (Å²) >= 11 is 0. The van der Waals surface area contributed by atoms with E-state index in [4.69, 9.17) is 0 Å². The molecule has 1 N–H and O–H groups in total. The summed E-state index contributed by atoms with van der Waals surface area (Å²) < 4.78 is 0. The Morgan fingerprint density at radius 2 is 1.50 bits per heavy atom. The maximum absolute atomic E-state index is 3.44. The molecule has 0 spiro atoms. The van der Waals surface area contributed by atoms with Gasteiger partial charge in [-0.2, -0.15) is 0 Å². The Morgan fingerprint density at radius 3 is 2.00 bits per heavy atom. The SMILES string of the molecule is CNCC1(c2cc(C)cc(C)c2)CCCCCC1. The summed E-state index contributed by atoms with van der Waals surface area (Å²) in [6, 6.07) is 7.11. The van der Waals surface area contributed by atoms with E-state index in [0.717, 1.165) is 6.54 Å². The predicted octanol–water partition coefficient (Wildman–Crippen LogP) is 4.11. The van der Waals surface area contributed by atoms with Gasteiger partial charge in [0, 0.05) is 12.0 Å². The van der Waals surface area contributed by atoms with Crippen LogP contribution in [0.2, 0.25) is 0 Å². The van der Waals surface area contributed by atoms with Crippen LogP contribution in [-0.2, 0) is 5.41 Å². The van der Waals surface area contributed by atoms with Crippen molar-refractivity contribution in [1.29, 1.82) is 0 Å². The molecule has 1 aromatic carbocycles. The van der Waals surface area contributed by atoms with Gasteiger partial charge in [-0.1, -0.05) is 55.0 Å². The molecule has 1 heteroatoms. The van der Waals surface area contributed by atoms with E-state index < -0.39 is 0 Å². The summed E-state index contributed by atoms with van der Waals surface area (Å²) in [4.78, 5) is 0. The molecule has 1 fully saturated rings. The van der Waals surface area contributed by atoms with Gasteiger partial charge in [0.1, 0.15) is 0 Å². The molecule has 0 aromatic heterocycles. The Hall–Kier alpha value is -0.820. The van der Waals surface area contributed by atoms with Crippen molar-refractivity contribution >= 4 is 0 Å². The quantitative estimate of drug-likeness (QED) is 0.790. The lowest BCUT2D eigenvalue weighted by molar-refractivity contribution is 0.357. The van der Waals surface area contributed by atoms with Gasteiger partial charge in [0.25, 0.3) is 0 Å². The topological polar surface area (TPSA) is 12.0 Å². The number of aryl methyl sites for hydroxylation is 2. The normalized spacial score (nSPS) is 19.5. The second kappa shape index (κ2) is 5.88. The molecular formula is C17H27N. The van der Waals surface area contributed by atoms with E-state index in [0.29, 0.717) is 5.41 Å². The van der Waals surface area contributed by atoms with E-state index in [9.17, 15) is 0 Å². The lowest BCUT2D eigenvalue weighted by Crippen LogP contribution is -2.36. The fourth-order valence-electron chi connectivity index (χ4n) is 3.59. The van der Waals surface area contributed by atoms with E-state index in [-0.39, 0.29) is 0 Å².